The summed E-state index contributed by atoms with van der Waals surface area (Å²) in [6, 6.07) is 17.9. The van der Waals surface area contributed by atoms with Crippen LogP contribution in [0.4, 0.5) is 18.9 Å². The molecule has 3 aromatic carbocycles. The van der Waals surface area contributed by atoms with Gasteiger partial charge in [0.15, 0.2) is 6.29 Å². The summed E-state index contributed by atoms with van der Waals surface area (Å²) >= 11 is 0. The Bertz CT molecular complexity index is 948. The van der Waals surface area contributed by atoms with Crippen LogP contribution in [0.15, 0.2) is 60.7 Å². The molecule has 27 heavy (non-hydrogen) atoms. The topological polar surface area (TPSA) is 20.3 Å². The molecule has 3 rings (SSSR count). The Labute approximate surface area is 156 Å². The van der Waals surface area contributed by atoms with Crippen molar-refractivity contribution in [3.8, 4) is 0 Å². The molecule has 0 aliphatic carbocycles. The number of hydrogen-bond acceptors (Lipinski definition) is 2. The van der Waals surface area contributed by atoms with Gasteiger partial charge in [0.05, 0.1) is 11.6 Å². The minimum Gasteiger partial charge on any atom is -0.369 e. The van der Waals surface area contributed by atoms with Gasteiger partial charge in [-0.3, -0.25) is 4.79 Å². The highest BCUT2D eigenvalue weighted by Gasteiger charge is 2.36. The molecule has 1 unspecified atom stereocenters. The maximum atomic E-state index is 12.9. The van der Waals surface area contributed by atoms with E-state index < -0.39 is 12.1 Å². The first-order chi connectivity index (χ1) is 12.8. The summed E-state index contributed by atoms with van der Waals surface area (Å²) in [5.74, 6) is -1.50. The van der Waals surface area contributed by atoms with Crippen LogP contribution in [-0.4, -0.2) is 19.5 Å². The molecule has 0 radical (unpaired) electrons. The van der Waals surface area contributed by atoms with Crippen molar-refractivity contribution in [3.63, 3.8) is 0 Å². The Morgan fingerprint density at radius 1 is 1.00 bits per heavy atom. The van der Waals surface area contributed by atoms with E-state index in [1.54, 1.807) is 18.2 Å². The molecule has 5 heteroatoms. The second-order valence-electron chi connectivity index (χ2n) is 6.70. The SMILES string of the molecule is CC(c1ccc(CN(C)c2c(C=O)ccc3ccccc23)cc1)C(F)(F)F. The fourth-order valence-corrected chi connectivity index (χ4v) is 3.25. The standard InChI is InChI=1S/C22H20F3NO/c1-15(22(23,24)25)17-9-7-16(8-10-17)13-26(2)21-19(14-27)12-11-18-5-3-4-6-20(18)21/h3-12,14-15H,13H2,1-2H3. The van der Waals surface area contributed by atoms with Gasteiger partial charge in [-0.25, -0.2) is 0 Å². The molecule has 0 spiro atoms. The first-order valence-electron chi connectivity index (χ1n) is 8.65. The summed E-state index contributed by atoms with van der Waals surface area (Å²) in [5, 5.41) is 1.99. The number of anilines is 1. The smallest absolute Gasteiger partial charge is 0.369 e. The highest BCUT2D eigenvalue weighted by atomic mass is 19.4. The number of carbonyl (C=O) groups excluding carboxylic acids is 1. The van der Waals surface area contributed by atoms with Crippen molar-refractivity contribution >= 4 is 22.7 Å². The van der Waals surface area contributed by atoms with Crippen LogP contribution in [0.3, 0.4) is 0 Å². The number of alkyl halides is 3. The second kappa shape index (κ2) is 7.43. The second-order valence-corrected chi connectivity index (χ2v) is 6.70. The van der Waals surface area contributed by atoms with Gasteiger partial charge in [0.1, 0.15) is 0 Å². The van der Waals surface area contributed by atoms with Crippen molar-refractivity contribution in [2.75, 3.05) is 11.9 Å². The van der Waals surface area contributed by atoms with Gasteiger partial charge in [0, 0.05) is 24.5 Å². The van der Waals surface area contributed by atoms with Gasteiger partial charge < -0.3 is 4.90 Å². The minimum atomic E-state index is -4.25. The van der Waals surface area contributed by atoms with Gasteiger partial charge >= 0.3 is 6.18 Å². The number of aldehydes is 1. The van der Waals surface area contributed by atoms with Crippen LogP contribution >= 0.6 is 0 Å². The third-order valence-electron chi connectivity index (χ3n) is 4.83. The van der Waals surface area contributed by atoms with Crippen molar-refractivity contribution in [1.82, 2.24) is 0 Å². The van der Waals surface area contributed by atoms with Crippen LogP contribution in [-0.2, 0) is 6.54 Å². The number of fused-ring (bicyclic) bond motifs is 1. The molecule has 0 bridgehead atoms. The monoisotopic (exact) mass is 371 g/mol. The predicted octanol–water partition coefficient (Wildman–Crippen LogP) is 5.95. The fraction of sp³-hybridized carbons (Fsp3) is 0.227. The average molecular weight is 371 g/mol. The Balaban J connectivity index is 1.89. The van der Waals surface area contributed by atoms with Crippen molar-refractivity contribution < 1.29 is 18.0 Å². The number of nitrogens with zero attached hydrogens (tertiary/aromatic N) is 1. The van der Waals surface area contributed by atoms with Gasteiger partial charge in [-0.1, -0.05) is 54.6 Å². The summed E-state index contributed by atoms with van der Waals surface area (Å²) in [4.78, 5) is 13.5. The number of rotatable bonds is 5. The van der Waals surface area contributed by atoms with E-state index in [4.69, 9.17) is 0 Å². The predicted molar refractivity (Wildman–Crippen MR) is 102 cm³/mol. The lowest BCUT2D eigenvalue weighted by atomic mass is 9.99. The number of benzene rings is 3. The van der Waals surface area contributed by atoms with Crippen molar-refractivity contribution in [1.29, 1.82) is 0 Å². The van der Waals surface area contributed by atoms with Crippen LogP contribution in [0.25, 0.3) is 10.8 Å². The van der Waals surface area contributed by atoms with Crippen LogP contribution in [0.1, 0.15) is 34.3 Å². The van der Waals surface area contributed by atoms with Gasteiger partial charge in [-0.15, -0.1) is 0 Å². The highest BCUT2D eigenvalue weighted by molar-refractivity contribution is 6.02. The first-order valence-corrected chi connectivity index (χ1v) is 8.65. The maximum absolute atomic E-state index is 12.9. The Kier molecular flexibility index (Phi) is 5.22. The Morgan fingerprint density at radius 2 is 1.67 bits per heavy atom. The van der Waals surface area contributed by atoms with Crippen molar-refractivity contribution in [2.24, 2.45) is 0 Å². The molecule has 2 nitrogen and oxygen atoms in total. The molecule has 0 N–H and O–H groups in total. The fourth-order valence-electron chi connectivity index (χ4n) is 3.25. The summed E-state index contributed by atoms with van der Waals surface area (Å²) in [6.45, 7) is 1.64. The molecule has 0 saturated carbocycles. The zero-order valence-corrected chi connectivity index (χ0v) is 15.1. The van der Waals surface area contributed by atoms with Gasteiger partial charge in [-0.2, -0.15) is 13.2 Å². The van der Waals surface area contributed by atoms with Crippen LogP contribution < -0.4 is 4.90 Å². The normalized spacial score (nSPS) is 12.8. The molecular formula is C22H20F3NO. The van der Waals surface area contributed by atoms with Crippen LogP contribution in [0.5, 0.6) is 0 Å². The van der Waals surface area contributed by atoms with Gasteiger partial charge in [0.2, 0.25) is 0 Å². The average Bonchev–Trinajstić information content (AvgIpc) is 2.66. The van der Waals surface area contributed by atoms with E-state index in [9.17, 15) is 18.0 Å². The quantitative estimate of drug-likeness (QED) is 0.516. The first kappa shape index (κ1) is 19.0. The number of hydrogen-bond donors (Lipinski definition) is 0. The van der Waals surface area contributed by atoms with Crippen LogP contribution in [0, 0.1) is 0 Å². The summed E-state index contributed by atoms with van der Waals surface area (Å²) in [5.41, 5.74) is 2.52. The third-order valence-corrected chi connectivity index (χ3v) is 4.83. The summed E-state index contributed by atoms with van der Waals surface area (Å²) < 4.78 is 38.6. The third kappa shape index (κ3) is 3.97. The molecule has 0 fully saturated rings. The van der Waals surface area contributed by atoms with E-state index in [-0.39, 0.29) is 5.56 Å². The molecule has 0 aliphatic heterocycles. The van der Waals surface area contributed by atoms with E-state index in [1.807, 2.05) is 42.3 Å². The largest absolute Gasteiger partial charge is 0.395 e. The lowest BCUT2D eigenvalue weighted by Gasteiger charge is -2.23. The molecule has 0 saturated heterocycles. The zero-order chi connectivity index (χ0) is 19.6. The van der Waals surface area contributed by atoms with E-state index in [0.717, 1.165) is 35.2 Å². The van der Waals surface area contributed by atoms with Gasteiger partial charge in [-0.05, 0) is 29.5 Å². The van der Waals surface area contributed by atoms with Crippen LogP contribution in [0.2, 0.25) is 0 Å². The van der Waals surface area contributed by atoms with E-state index in [2.05, 4.69) is 0 Å². The molecular weight excluding hydrogens is 351 g/mol. The van der Waals surface area contributed by atoms with Crippen molar-refractivity contribution in [2.45, 2.75) is 25.6 Å². The molecule has 140 valence electrons. The summed E-state index contributed by atoms with van der Waals surface area (Å²) in [6.07, 6.45) is -3.42. The number of carbonyl (C=O) groups is 1. The maximum Gasteiger partial charge on any atom is 0.395 e. The van der Waals surface area contributed by atoms with E-state index in [1.165, 1.54) is 12.1 Å². The highest BCUT2D eigenvalue weighted by Crippen LogP contribution is 2.34. The number of halogens is 3. The van der Waals surface area contributed by atoms with Crippen molar-refractivity contribution in [3.05, 3.63) is 77.4 Å². The molecule has 3 aromatic rings. The Hall–Kier alpha value is -2.82. The lowest BCUT2D eigenvalue weighted by Crippen LogP contribution is -2.19. The minimum absolute atomic E-state index is 0.243. The molecule has 0 amide bonds. The lowest BCUT2D eigenvalue weighted by molar-refractivity contribution is -0.146. The summed E-state index contributed by atoms with van der Waals surface area (Å²) in [7, 11) is 1.88. The van der Waals surface area contributed by atoms with E-state index >= 15 is 0 Å². The van der Waals surface area contributed by atoms with Gasteiger partial charge in [0.25, 0.3) is 0 Å². The van der Waals surface area contributed by atoms with E-state index in [0.29, 0.717) is 12.1 Å². The molecule has 0 aliphatic rings. The molecule has 0 aromatic heterocycles. The zero-order valence-electron chi connectivity index (χ0n) is 15.1. The molecule has 0 heterocycles. The Morgan fingerprint density at radius 3 is 2.30 bits per heavy atom. The molecule has 1 atom stereocenters.